The van der Waals surface area contributed by atoms with Crippen molar-refractivity contribution in [1.29, 1.82) is 0 Å². The second kappa shape index (κ2) is 2.21. The fourth-order valence-electron chi connectivity index (χ4n) is 29.3. The molecule has 20 fully saturated rings. The lowest BCUT2D eigenvalue weighted by atomic mass is 8.67. The first-order valence-electron chi connectivity index (χ1n) is 16.4. The molecular weight excluding hydrogens is 396 g/mol. The van der Waals surface area contributed by atoms with Crippen molar-refractivity contribution in [3.05, 3.63) is 0 Å². The molecule has 0 aliphatic heterocycles. The Morgan fingerprint density at radius 2 is 0.515 bits per heavy atom. The zero-order valence-electron chi connectivity index (χ0n) is 18.9. The van der Waals surface area contributed by atoms with E-state index in [1.165, 1.54) is 118 Å². The van der Waals surface area contributed by atoms with Crippen molar-refractivity contribution in [2.24, 2.45) is 167 Å². The summed E-state index contributed by atoms with van der Waals surface area (Å²) in [6.45, 7) is 0. The van der Waals surface area contributed by atoms with Gasteiger partial charge in [-0.25, -0.2) is 0 Å². The summed E-state index contributed by atoms with van der Waals surface area (Å²) >= 11 is 0. The van der Waals surface area contributed by atoms with Crippen molar-refractivity contribution < 1.29 is 0 Å². The maximum absolute atomic E-state index is 1.75. The summed E-state index contributed by atoms with van der Waals surface area (Å²) < 4.78 is 0. The maximum atomic E-state index is 1.75. The van der Waals surface area contributed by atoms with Gasteiger partial charge in [0.25, 0.3) is 0 Å². The van der Waals surface area contributed by atoms with Crippen LogP contribution in [0.1, 0.15) is 25.7 Å². The van der Waals surface area contributed by atoms with Crippen molar-refractivity contribution in [3.8, 4) is 0 Å². The second-order valence-electron chi connectivity index (χ2n) is 20.1. The molecule has 0 heteroatoms. The third kappa shape index (κ3) is 0.389. The summed E-state index contributed by atoms with van der Waals surface area (Å²) in [5, 5.41) is 0. The predicted molar refractivity (Wildman–Crippen MR) is 110 cm³/mol. The van der Waals surface area contributed by atoms with Gasteiger partial charge in [-0.2, -0.15) is 0 Å². The van der Waals surface area contributed by atoms with Crippen LogP contribution in [0.5, 0.6) is 0 Å². The van der Waals surface area contributed by atoms with E-state index in [4.69, 9.17) is 0 Å². The molecule has 27 unspecified atom stereocenters. The molecule has 20 aliphatic carbocycles. The maximum Gasteiger partial charge on any atom is -0.00932 e. The average molecular weight is 425 g/mol. The van der Waals surface area contributed by atoms with Gasteiger partial charge < -0.3 is 0 Å². The zero-order chi connectivity index (χ0) is 18.9. The van der Waals surface area contributed by atoms with Crippen molar-refractivity contribution in [1.82, 2.24) is 0 Å². The van der Waals surface area contributed by atoms with E-state index < -0.39 is 0 Å². The third-order valence-corrected chi connectivity index (χ3v) is 25.2. The first kappa shape index (κ1) is 12.5. The van der Waals surface area contributed by atoms with Gasteiger partial charge in [-0.3, -0.25) is 0 Å². The van der Waals surface area contributed by atoms with Gasteiger partial charge in [0.15, 0.2) is 0 Å². The van der Waals surface area contributed by atoms with Crippen molar-refractivity contribution >= 4 is 0 Å². The lowest BCUT2D eigenvalue weighted by molar-refractivity contribution is -0.910. The van der Waals surface area contributed by atoms with Crippen LogP contribution in [0, 0.1) is 167 Å². The zero-order valence-corrected chi connectivity index (χ0v) is 18.9. The highest BCUT2D eigenvalue weighted by atomic mass is 15.4. The molecule has 0 aromatic carbocycles. The van der Waals surface area contributed by atoms with E-state index in [-0.39, 0.29) is 0 Å². The van der Waals surface area contributed by atoms with E-state index in [9.17, 15) is 0 Å². The molecule has 29 atom stereocenters. The Labute approximate surface area is 192 Å². The van der Waals surface area contributed by atoms with Gasteiger partial charge in [0.2, 0.25) is 0 Å². The first-order chi connectivity index (χ1) is 16.4. The van der Waals surface area contributed by atoms with Crippen LogP contribution in [0.4, 0.5) is 0 Å². The SMILES string of the molecule is C1C2CC3C4C5C6C7C8C9C%10[C@@H]%11CC%12C[C@@H]%13C%14C%15C%16C%17C%18C%19C%20C1C23C%204C%195C%186C%177C%168C%159C%14%10C%12%13%11. The summed E-state index contributed by atoms with van der Waals surface area (Å²) in [6, 6.07) is 0. The Bertz CT molecular complexity index is 1410. The average Bonchev–Trinajstić information content (AvgIpc) is 2.67. The van der Waals surface area contributed by atoms with Crippen LogP contribution >= 0.6 is 0 Å². The molecule has 9 spiro atoms. The fourth-order valence-corrected chi connectivity index (χ4v) is 29.3. The molecule has 0 saturated heterocycles. The number of rotatable bonds is 0. The molecule has 0 radical (unpaired) electrons. The van der Waals surface area contributed by atoms with Crippen molar-refractivity contribution in [2.45, 2.75) is 25.7 Å². The van der Waals surface area contributed by atoms with Gasteiger partial charge in [0, 0.05) is 0 Å². The molecule has 0 heterocycles. The van der Waals surface area contributed by atoms with Crippen LogP contribution in [0.25, 0.3) is 0 Å². The Kier molecular flexibility index (Phi) is 0.836. The predicted octanol–water partition coefficient (Wildman–Crippen LogP) is 4.02. The smallest absolute Gasteiger partial charge is 0.00932 e. The Morgan fingerprint density at radius 3 is 0.788 bits per heavy atom. The third-order valence-electron chi connectivity index (χ3n) is 25.2. The number of hydrogen-bond donors (Lipinski definition) is 0. The van der Waals surface area contributed by atoms with Crippen LogP contribution in [-0.4, -0.2) is 0 Å². The number of hydrogen-bond acceptors (Lipinski definition) is 0. The monoisotopic (exact) mass is 424 g/mol. The molecular formula is C33H28. The topological polar surface area (TPSA) is 0 Å². The second-order valence-corrected chi connectivity index (χ2v) is 20.1. The van der Waals surface area contributed by atoms with Crippen LogP contribution < -0.4 is 0 Å². The molecule has 160 valence electrons. The molecule has 0 bridgehead atoms. The lowest BCUT2D eigenvalue weighted by Gasteiger charge is -3.36. The van der Waals surface area contributed by atoms with E-state index in [0.29, 0.717) is 0 Å². The highest BCUT2D eigenvalue weighted by molar-refractivity contribution is 5.80. The van der Waals surface area contributed by atoms with Crippen LogP contribution in [0.15, 0.2) is 0 Å². The Hall–Kier alpha value is 0. The normalized spacial score (nSPS) is 121. The summed E-state index contributed by atoms with van der Waals surface area (Å²) in [5.74, 6) is 27.1. The molecule has 20 rings (SSSR count). The molecule has 0 aromatic rings. The molecule has 0 amide bonds. The summed E-state index contributed by atoms with van der Waals surface area (Å²) in [4.78, 5) is 0. The fraction of sp³-hybridized carbons (Fsp3) is 1.00. The van der Waals surface area contributed by atoms with Gasteiger partial charge in [0.1, 0.15) is 0 Å². The largest absolute Gasteiger partial charge is 0.0461 e. The molecule has 20 saturated carbocycles. The minimum Gasteiger partial charge on any atom is -0.0461 e. The minimum atomic E-state index is 1.08. The van der Waals surface area contributed by atoms with Crippen LogP contribution in [-0.2, 0) is 0 Å². The van der Waals surface area contributed by atoms with Crippen LogP contribution in [0.3, 0.4) is 0 Å². The molecule has 0 N–H and O–H groups in total. The first-order valence-corrected chi connectivity index (χ1v) is 16.4. The van der Waals surface area contributed by atoms with E-state index in [1.54, 1.807) is 25.7 Å². The van der Waals surface area contributed by atoms with Gasteiger partial charge in [-0.15, -0.1) is 0 Å². The standard InChI is InChI=1S/C33H28/c1-5-2-8-12-16-20-24-22-18-14-10-4-6-3-9-13-17-21-23-19-15-11-7(1)25(5,8)27(11,12)29(15,16)31(19,20)33(23,24)32(21,22)30(17,18)28(13,14)26(6,9)10/h5-24H,1-4H2/t5?,6?,7-,8+,9?,10?,11?,12?,13?,14?,15?,16?,17?,18?,19?,20?,21?,22?,23?,24?,25?,26?,27?,28?,29?,30?,31?,32?,33?. The summed E-state index contributed by atoms with van der Waals surface area (Å²) in [6.07, 6.45) is 6.98. The van der Waals surface area contributed by atoms with Crippen molar-refractivity contribution in [2.75, 3.05) is 0 Å². The van der Waals surface area contributed by atoms with Gasteiger partial charge in [0.05, 0.1) is 0 Å². The van der Waals surface area contributed by atoms with Gasteiger partial charge in [-0.1, -0.05) is 0 Å². The van der Waals surface area contributed by atoms with E-state index >= 15 is 0 Å². The highest BCUT2D eigenvalue weighted by Gasteiger charge is 3.35. The molecule has 0 nitrogen and oxygen atoms in total. The van der Waals surface area contributed by atoms with E-state index in [2.05, 4.69) is 0 Å². The highest BCUT2D eigenvalue weighted by Crippen LogP contribution is 3.37. The summed E-state index contributed by atoms with van der Waals surface area (Å²) in [7, 11) is 0. The molecule has 33 heavy (non-hydrogen) atoms. The van der Waals surface area contributed by atoms with Crippen LogP contribution in [0.2, 0.25) is 0 Å². The minimum absolute atomic E-state index is 1.08. The van der Waals surface area contributed by atoms with E-state index in [1.807, 2.05) is 0 Å². The Balaban J connectivity index is 0.906. The summed E-state index contributed by atoms with van der Waals surface area (Å²) in [5.41, 5.74) is 9.85. The quantitative estimate of drug-likeness (QED) is 0.551. The van der Waals surface area contributed by atoms with Gasteiger partial charge >= 0.3 is 0 Å². The Morgan fingerprint density at radius 1 is 0.273 bits per heavy atom. The molecule has 0 aromatic heterocycles. The van der Waals surface area contributed by atoms with Gasteiger partial charge in [-0.05, 0) is 193 Å². The van der Waals surface area contributed by atoms with Crippen molar-refractivity contribution in [3.63, 3.8) is 0 Å². The van der Waals surface area contributed by atoms with E-state index in [0.717, 1.165) is 48.7 Å². The molecule has 20 aliphatic rings. The number of fused-ring (bicyclic) bond motifs is 16. The lowest BCUT2D eigenvalue weighted by Crippen LogP contribution is -3.34.